The zero-order chi connectivity index (χ0) is 60.2. The maximum absolute atomic E-state index is 10.4. The van der Waals surface area contributed by atoms with Gasteiger partial charge in [0.25, 0.3) is 0 Å². The Labute approximate surface area is 434 Å². The molecule has 31 nitrogen and oxygen atoms in total. The van der Waals surface area contributed by atoms with Gasteiger partial charge in [0.05, 0.1) is 6.42 Å². The topological polar surface area (TPSA) is 657 Å². The highest BCUT2D eigenvalue weighted by molar-refractivity contribution is 7.80. The summed E-state index contributed by atoms with van der Waals surface area (Å²) in [6.45, 7) is 11.1. The summed E-state index contributed by atoms with van der Waals surface area (Å²) in [5.74, 6) is -9.05. The van der Waals surface area contributed by atoms with E-state index in [2.05, 4.69) is 23.4 Å². The first kappa shape index (κ1) is 81.3. The van der Waals surface area contributed by atoms with Gasteiger partial charge < -0.3 is 110 Å². The average Bonchev–Trinajstić information content (AvgIpc) is 3.29. The molecular formula is C42H83N13O18S. The number of primary amides is 2. The zero-order valence-corrected chi connectivity index (χ0v) is 43.3. The standard InChI is InChI=1S/C9H11NO2.C6H14N4O2.C5H10N2O3.3C5H11NO2.C4H8N2O3.C3H7NO2S/c10-8(9(11)12)6-7-4-2-1-3-5-7;7-4(5(11)12)2-1-3-10-6(8)9;6-3(5(9)10)1-2-4(7)8;3*1-3(2)4(6)5(7)8;5-2(4(8)9)1-3(6)7;4-2(1-7)3(5)6/h1-5,8H,6,10H2,(H,11,12);4H,1-3,7H2,(H,11,12)(H4,8,9,10);3H,1-2,6H2,(H2,7,8)(H,9,10);3*3-4H,6H2,1-2H3,(H,7,8);2H,1,5H2,(H2,6,7)(H,8,9);2,7H,1,4H2,(H,5,6). The van der Waals surface area contributed by atoms with E-state index in [-0.39, 0.29) is 48.7 Å². The number of nitrogens with two attached hydrogens (primary N) is 12. The molecule has 0 spiro atoms. The first-order chi connectivity index (χ1) is 33.6. The lowest BCUT2D eigenvalue weighted by Crippen LogP contribution is -2.34. The maximum atomic E-state index is 10.4. The Morgan fingerprint density at radius 2 is 0.784 bits per heavy atom. The van der Waals surface area contributed by atoms with Gasteiger partial charge in [-0.3, -0.25) is 52.9 Å². The van der Waals surface area contributed by atoms with Gasteiger partial charge >= 0.3 is 47.8 Å². The Bertz CT molecular complexity index is 1760. The van der Waals surface area contributed by atoms with Crippen LogP contribution in [0.2, 0.25) is 0 Å². The van der Waals surface area contributed by atoms with E-state index in [1.165, 1.54) is 0 Å². The third-order valence-electron chi connectivity index (χ3n) is 8.18. The lowest BCUT2D eigenvalue weighted by molar-refractivity contribution is -0.140. The second kappa shape index (κ2) is 48.5. The molecule has 74 heavy (non-hydrogen) atoms. The normalized spacial score (nSPS) is 13.0. The summed E-state index contributed by atoms with van der Waals surface area (Å²) in [4.78, 5) is 104. The fourth-order valence-corrected chi connectivity index (χ4v) is 3.41. The van der Waals surface area contributed by atoms with E-state index in [0.717, 1.165) is 5.56 Å². The number of rotatable bonds is 23. The Balaban J connectivity index is -0.000000140. The van der Waals surface area contributed by atoms with Gasteiger partial charge in [0.1, 0.15) is 48.3 Å². The van der Waals surface area contributed by atoms with Crippen molar-refractivity contribution in [2.45, 2.75) is 128 Å². The van der Waals surface area contributed by atoms with Crippen molar-refractivity contribution >= 4 is 78.2 Å². The Kier molecular flexibility index (Phi) is 53.3. The van der Waals surface area contributed by atoms with Crippen molar-refractivity contribution < 1.29 is 88.8 Å². The van der Waals surface area contributed by atoms with Crippen molar-refractivity contribution in [3.05, 3.63) is 35.9 Å². The lowest BCUT2D eigenvalue weighted by atomic mass is 10.1. The van der Waals surface area contributed by atoms with Crippen molar-refractivity contribution in [1.29, 1.82) is 0 Å². The third kappa shape index (κ3) is 59.5. The number of hydrogen-bond donors (Lipinski definition) is 21. The van der Waals surface area contributed by atoms with E-state index in [9.17, 15) is 47.9 Å². The fourth-order valence-electron chi connectivity index (χ4n) is 3.26. The van der Waals surface area contributed by atoms with Crippen LogP contribution in [0.3, 0.4) is 0 Å². The molecule has 1 rings (SSSR count). The van der Waals surface area contributed by atoms with Crippen molar-refractivity contribution in [2.24, 2.45) is 91.6 Å². The largest absolute Gasteiger partial charge is 0.480 e. The Hall–Kier alpha value is -6.78. The molecule has 8 unspecified atom stereocenters. The van der Waals surface area contributed by atoms with Crippen LogP contribution in [0, 0.1) is 17.8 Å². The third-order valence-corrected chi connectivity index (χ3v) is 8.58. The summed E-state index contributed by atoms with van der Waals surface area (Å²) in [5.41, 5.74) is 61.4. The molecule has 0 fully saturated rings. The molecule has 0 aliphatic carbocycles. The molecule has 0 aliphatic heterocycles. The second-order valence-electron chi connectivity index (χ2n) is 16.0. The first-order valence-electron chi connectivity index (χ1n) is 21.8. The molecule has 0 heterocycles. The highest BCUT2D eigenvalue weighted by Crippen LogP contribution is 2.02. The van der Waals surface area contributed by atoms with E-state index in [1.807, 2.05) is 30.3 Å². The van der Waals surface area contributed by atoms with Crippen molar-refractivity contribution in [3.8, 4) is 0 Å². The number of hydrogen-bond acceptors (Lipinski definition) is 20. The van der Waals surface area contributed by atoms with Crippen molar-refractivity contribution in [1.82, 2.24) is 0 Å². The molecule has 0 saturated carbocycles. The van der Waals surface area contributed by atoms with Crippen LogP contribution in [-0.2, 0) is 54.4 Å². The number of carboxylic acids is 8. The molecular weight excluding hydrogens is 1010 g/mol. The predicted octanol–water partition coefficient (Wildman–Crippen LogP) is -4.48. The molecule has 0 aliphatic rings. The number of nitrogens with zero attached hydrogens (tertiary/aromatic N) is 1. The van der Waals surface area contributed by atoms with Crippen LogP contribution in [0.15, 0.2) is 35.3 Å². The van der Waals surface area contributed by atoms with Crippen LogP contribution in [0.1, 0.15) is 79.2 Å². The number of benzene rings is 1. The highest BCUT2D eigenvalue weighted by Gasteiger charge is 2.17. The molecule has 0 aromatic heterocycles. The van der Waals surface area contributed by atoms with Crippen LogP contribution in [0.25, 0.3) is 0 Å². The molecule has 0 radical (unpaired) electrons. The molecule has 32 N–H and O–H groups in total. The van der Waals surface area contributed by atoms with Crippen molar-refractivity contribution in [2.75, 3.05) is 12.3 Å². The number of aliphatic carboxylic acids is 8. The zero-order valence-electron chi connectivity index (χ0n) is 42.4. The van der Waals surface area contributed by atoms with Crippen molar-refractivity contribution in [3.63, 3.8) is 0 Å². The smallest absolute Gasteiger partial charge is 0.321 e. The summed E-state index contributed by atoms with van der Waals surface area (Å²) in [5, 5.41) is 65.9. The molecule has 1 aromatic rings. The fraction of sp³-hybridized carbons (Fsp3) is 0.595. The summed E-state index contributed by atoms with van der Waals surface area (Å²) in [7, 11) is 0. The lowest BCUT2D eigenvalue weighted by Gasteiger charge is -2.07. The highest BCUT2D eigenvalue weighted by atomic mass is 32.1. The number of carboxylic acid groups (broad SMARTS) is 8. The van der Waals surface area contributed by atoms with Gasteiger partial charge in [0, 0.05) is 18.7 Å². The SMILES string of the molecule is CC(C)C(N)C(=O)O.CC(C)C(N)C(=O)O.CC(C)C(N)C(=O)O.NC(=O)CC(N)C(=O)O.NC(=O)CCC(N)C(=O)O.NC(CS)C(=O)O.NC(Cc1ccccc1)C(=O)O.NC(N)=NCCCC(N)C(=O)O. The molecule has 0 bridgehead atoms. The van der Waals surface area contributed by atoms with Gasteiger partial charge in [-0.2, -0.15) is 12.6 Å². The average molecular weight is 1090 g/mol. The van der Waals surface area contributed by atoms with Gasteiger partial charge in [0.15, 0.2) is 5.96 Å². The van der Waals surface area contributed by atoms with Crippen LogP contribution >= 0.6 is 12.6 Å². The van der Waals surface area contributed by atoms with Crippen LogP contribution in [-0.4, -0.2) is 167 Å². The number of carbonyl (C=O) groups excluding carboxylic acids is 2. The quantitative estimate of drug-likeness (QED) is 0.0213. The molecule has 2 amide bonds. The molecule has 0 saturated heterocycles. The monoisotopic (exact) mass is 1090 g/mol. The van der Waals surface area contributed by atoms with Crippen LogP contribution < -0.4 is 68.8 Å². The molecule has 32 heteroatoms. The number of guanidine groups is 1. The Morgan fingerprint density at radius 1 is 0.459 bits per heavy atom. The minimum atomic E-state index is -1.21. The first-order valence-corrected chi connectivity index (χ1v) is 22.4. The van der Waals surface area contributed by atoms with E-state index >= 15 is 0 Å². The Morgan fingerprint density at radius 3 is 0.986 bits per heavy atom. The summed E-state index contributed by atoms with van der Waals surface area (Å²) < 4.78 is 0. The molecule has 1 aromatic carbocycles. The van der Waals surface area contributed by atoms with E-state index in [4.69, 9.17) is 104 Å². The maximum Gasteiger partial charge on any atom is 0.321 e. The summed E-state index contributed by atoms with van der Waals surface area (Å²) in [6, 6.07) is 2.62. The number of thiol groups is 1. The van der Waals surface area contributed by atoms with E-state index in [0.29, 0.717) is 25.8 Å². The second-order valence-corrected chi connectivity index (χ2v) is 16.4. The van der Waals surface area contributed by atoms with E-state index in [1.54, 1.807) is 41.5 Å². The molecule has 430 valence electrons. The van der Waals surface area contributed by atoms with Gasteiger partial charge in [-0.15, -0.1) is 0 Å². The van der Waals surface area contributed by atoms with Crippen LogP contribution in [0.4, 0.5) is 0 Å². The predicted molar refractivity (Wildman–Crippen MR) is 276 cm³/mol. The van der Waals surface area contributed by atoms with E-state index < -0.39 is 108 Å². The van der Waals surface area contributed by atoms with Gasteiger partial charge in [-0.25, -0.2) is 0 Å². The number of aliphatic imine (C=N–C) groups is 1. The van der Waals surface area contributed by atoms with Gasteiger partial charge in [0.2, 0.25) is 11.8 Å². The van der Waals surface area contributed by atoms with Crippen LogP contribution in [0.5, 0.6) is 0 Å². The van der Waals surface area contributed by atoms with Gasteiger partial charge in [-0.1, -0.05) is 71.9 Å². The molecule has 8 atom stereocenters. The summed E-state index contributed by atoms with van der Waals surface area (Å²) in [6.07, 6.45) is 1.15. The minimum Gasteiger partial charge on any atom is -0.480 e. The minimum absolute atomic E-state index is 0.0129. The van der Waals surface area contributed by atoms with Gasteiger partial charge in [-0.05, 0) is 49.0 Å². The summed E-state index contributed by atoms with van der Waals surface area (Å²) >= 11 is 3.65. The number of carbonyl (C=O) groups is 10. The number of amides is 2.